The lowest BCUT2D eigenvalue weighted by atomic mass is 9.99. The number of nitriles is 1. The molecule has 1 aromatic heterocycles. The van der Waals surface area contributed by atoms with Crippen LogP contribution in [0.1, 0.15) is 27.8 Å². The number of aliphatic carboxylic acids is 1. The van der Waals surface area contributed by atoms with Crippen LogP contribution in [-0.2, 0) is 35.6 Å². The van der Waals surface area contributed by atoms with Crippen LogP contribution in [0.2, 0.25) is 0 Å². The molecule has 0 atom stereocenters. The van der Waals surface area contributed by atoms with Crippen molar-refractivity contribution in [3.63, 3.8) is 0 Å². The fraction of sp³-hybridized carbons (Fsp3) is 0.208. The maximum Gasteiger partial charge on any atom is 0.307 e. The van der Waals surface area contributed by atoms with E-state index in [-0.39, 0.29) is 25.2 Å². The summed E-state index contributed by atoms with van der Waals surface area (Å²) in [5.41, 5.74) is 3.85. The second kappa shape index (κ2) is 8.94. The number of hydrogen-bond donors (Lipinski definition) is 1. The number of pyridine rings is 1. The zero-order valence-corrected chi connectivity index (χ0v) is 16.6. The van der Waals surface area contributed by atoms with Crippen LogP contribution in [0.4, 0.5) is 4.39 Å². The summed E-state index contributed by atoms with van der Waals surface area (Å²) in [7, 11) is 0. The van der Waals surface area contributed by atoms with Crippen LogP contribution >= 0.6 is 0 Å². The number of fused-ring (bicyclic) bond motifs is 7. The molecule has 0 aliphatic carbocycles. The van der Waals surface area contributed by atoms with E-state index < -0.39 is 11.8 Å². The number of benzene rings is 2. The summed E-state index contributed by atoms with van der Waals surface area (Å²) in [5, 5.41) is 18.6. The first-order valence-electron chi connectivity index (χ1n) is 9.76. The molecule has 2 heterocycles. The molecule has 0 radical (unpaired) electrons. The Morgan fingerprint density at radius 2 is 2.03 bits per heavy atom. The second-order valence-corrected chi connectivity index (χ2v) is 7.23. The van der Waals surface area contributed by atoms with Gasteiger partial charge in [0.1, 0.15) is 12.4 Å². The first kappa shape index (κ1) is 20.5. The van der Waals surface area contributed by atoms with Gasteiger partial charge >= 0.3 is 5.97 Å². The number of carboxylic acid groups (broad SMARTS) is 1. The van der Waals surface area contributed by atoms with Crippen LogP contribution in [0, 0.1) is 17.1 Å². The minimum Gasteiger partial charge on any atom is -0.481 e. The topological polar surface area (TPSA) is 92.4 Å². The lowest BCUT2D eigenvalue weighted by molar-refractivity contribution is -0.136. The molecule has 0 saturated carbocycles. The third-order valence-electron chi connectivity index (χ3n) is 5.08. The summed E-state index contributed by atoms with van der Waals surface area (Å²) in [4.78, 5) is 15.7. The standard InChI is InChI=1S/C24H19FN2O4/c25-21-10-18(11-24(28)29)19-9-20(21)22-2-1-3-23(27-22)31-13-15-4-5-17(12-26)16(8-15)6-7-30-14-19/h1-5,8-10H,6-7,11,13-14H2,(H,28,29). The Kier molecular flexibility index (Phi) is 5.92. The fourth-order valence-electron chi connectivity index (χ4n) is 3.54. The maximum atomic E-state index is 14.8. The molecular formula is C24H19FN2O4. The first-order chi connectivity index (χ1) is 15.0. The molecular weight excluding hydrogens is 399 g/mol. The van der Waals surface area contributed by atoms with Crippen LogP contribution in [0.3, 0.4) is 0 Å². The number of carbonyl (C=O) groups is 1. The van der Waals surface area contributed by atoms with Crippen molar-refractivity contribution in [1.82, 2.24) is 4.98 Å². The predicted molar refractivity (Wildman–Crippen MR) is 110 cm³/mol. The van der Waals surface area contributed by atoms with Gasteiger partial charge in [0.05, 0.1) is 37.0 Å². The van der Waals surface area contributed by atoms with Crippen LogP contribution in [-0.4, -0.2) is 22.7 Å². The minimum atomic E-state index is -1.05. The predicted octanol–water partition coefficient (Wildman–Crippen LogP) is 4.04. The van der Waals surface area contributed by atoms with Crippen molar-refractivity contribution < 1.29 is 23.8 Å². The van der Waals surface area contributed by atoms with Gasteiger partial charge in [0.15, 0.2) is 0 Å². The van der Waals surface area contributed by atoms with Gasteiger partial charge in [-0.15, -0.1) is 0 Å². The largest absolute Gasteiger partial charge is 0.481 e. The number of rotatable bonds is 2. The quantitative estimate of drug-likeness (QED) is 0.675. The van der Waals surface area contributed by atoms with Crippen molar-refractivity contribution in [2.24, 2.45) is 0 Å². The Balaban J connectivity index is 1.77. The van der Waals surface area contributed by atoms with Gasteiger partial charge in [-0.3, -0.25) is 4.79 Å². The number of carboxylic acids is 1. The van der Waals surface area contributed by atoms with E-state index in [4.69, 9.17) is 9.47 Å². The molecule has 0 saturated heterocycles. The molecule has 0 unspecified atom stereocenters. The van der Waals surface area contributed by atoms with Crippen molar-refractivity contribution in [1.29, 1.82) is 5.26 Å². The van der Waals surface area contributed by atoms with Crippen LogP contribution in [0.25, 0.3) is 11.3 Å². The van der Waals surface area contributed by atoms with E-state index in [1.165, 1.54) is 6.07 Å². The molecule has 0 amide bonds. The van der Waals surface area contributed by atoms with E-state index in [1.807, 2.05) is 12.1 Å². The lowest BCUT2D eigenvalue weighted by Gasteiger charge is -2.13. The Labute approximate surface area is 178 Å². The summed E-state index contributed by atoms with van der Waals surface area (Å²) in [6, 6.07) is 15.6. The third kappa shape index (κ3) is 4.71. The van der Waals surface area contributed by atoms with Crippen molar-refractivity contribution in [2.45, 2.75) is 26.1 Å². The van der Waals surface area contributed by atoms with Gasteiger partial charge in [-0.1, -0.05) is 18.2 Å². The molecule has 3 aromatic rings. The van der Waals surface area contributed by atoms with Gasteiger partial charge in [0.2, 0.25) is 5.88 Å². The maximum absolute atomic E-state index is 14.8. The molecule has 7 heteroatoms. The zero-order valence-electron chi connectivity index (χ0n) is 16.6. The summed E-state index contributed by atoms with van der Waals surface area (Å²) in [5.74, 6) is -1.27. The Morgan fingerprint density at radius 3 is 2.84 bits per heavy atom. The molecule has 6 nitrogen and oxygen atoms in total. The Bertz CT molecular complexity index is 1190. The normalized spacial score (nSPS) is 13.3. The highest BCUT2D eigenvalue weighted by atomic mass is 19.1. The number of halogens is 1. The molecule has 0 spiro atoms. The number of aromatic nitrogens is 1. The van der Waals surface area contributed by atoms with E-state index in [1.54, 1.807) is 30.3 Å². The summed E-state index contributed by atoms with van der Waals surface area (Å²) in [6.45, 7) is 0.694. The zero-order chi connectivity index (χ0) is 21.8. The molecule has 156 valence electrons. The fourth-order valence-corrected chi connectivity index (χ4v) is 3.54. The molecule has 4 rings (SSSR count). The first-order valence-corrected chi connectivity index (χ1v) is 9.76. The number of nitrogens with zero attached hydrogens (tertiary/aromatic N) is 2. The highest BCUT2D eigenvalue weighted by Gasteiger charge is 2.16. The van der Waals surface area contributed by atoms with E-state index in [0.717, 1.165) is 11.1 Å². The molecule has 1 aliphatic rings. The number of ether oxygens (including phenoxy) is 2. The Hall–Kier alpha value is -3.76. The van der Waals surface area contributed by atoms with E-state index in [2.05, 4.69) is 11.1 Å². The smallest absolute Gasteiger partial charge is 0.307 e. The van der Waals surface area contributed by atoms with E-state index in [0.29, 0.717) is 41.3 Å². The van der Waals surface area contributed by atoms with Crippen LogP contribution in [0.5, 0.6) is 5.88 Å². The minimum absolute atomic E-state index is 0.119. The second-order valence-electron chi connectivity index (χ2n) is 7.23. The van der Waals surface area contributed by atoms with Gasteiger partial charge in [-0.05, 0) is 52.9 Å². The summed E-state index contributed by atoms with van der Waals surface area (Å²) >= 11 is 0. The van der Waals surface area contributed by atoms with Gasteiger partial charge in [0, 0.05) is 11.6 Å². The summed E-state index contributed by atoms with van der Waals surface area (Å²) < 4.78 is 26.4. The van der Waals surface area contributed by atoms with Crippen LogP contribution in [0.15, 0.2) is 48.5 Å². The molecule has 2 aromatic carbocycles. The molecule has 31 heavy (non-hydrogen) atoms. The van der Waals surface area contributed by atoms with E-state index >= 15 is 0 Å². The number of hydrogen-bond acceptors (Lipinski definition) is 5. The van der Waals surface area contributed by atoms with Crippen molar-refractivity contribution in [3.8, 4) is 23.2 Å². The average molecular weight is 418 g/mol. The molecule has 1 N–H and O–H groups in total. The lowest BCUT2D eigenvalue weighted by Crippen LogP contribution is -2.08. The third-order valence-corrected chi connectivity index (χ3v) is 5.08. The van der Waals surface area contributed by atoms with Crippen molar-refractivity contribution in [2.75, 3.05) is 6.61 Å². The van der Waals surface area contributed by atoms with Gasteiger partial charge in [-0.25, -0.2) is 9.37 Å². The van der Waals surface area contributed by atoms with E-state index in [9.17, 15) is 19.6 Å². The SMILES string of the molecule is N#Cc1ccc2cc1CCOCc1cc(c(F)cc1CC(=O)O)-c1cccc(n1)OC2. The van der Waals surface area contributed by atoms with Gasteiger partial charge in [0.25, 0.3) is 0 Å². The average Bonchev–Trinajstić information content (AvgIpc) is 2.76. The molecule has 0 fully saturated rings. The molecule has 6 bridgehead atoms. The highest BCUT2D eigenvalue weighted by Crippen LogP contribution is 2.28. The van der Waals surface area contributed by atoms with Crippen molar-refractivity contribution in [3.05, 3.63) is 82.2 Å². The van der Waals surface area contributed by atoms with Crippen LogP contribution < -0.4 is 4.74 Å². The van der Waals surface area contributed by atoms with Gasteiger partial charge in [-0.2, -0.15) is 5.26 Å². The van der Waals surface area contributed by atoms with Gasteiger partial charge < -0.3 is 14.6 Å². The van der Waals surface area contributed by atoms with Crippen molar-refractivity contribution >= 4 is 5.97 Å². The summed E-state index contributed by atoms with van der Waals surface area (Å²) in [6.07, 6.45) is 0.193. The molecule has 1 aliphatic heterocycles. The Morgan fingerprint density at radius 1 is 1.16 bits per heavy atom. The monoisotopic (exact) mass is 418 g/mol. The highest BCUT2D eigenvalue weighted by molar-refractivity contribution is 5.72.